The number of nitrogens with one attached hydrogen (secondary N) is 1. The zero-order valence-electron chi connectivity index (χ0n) is 28.0. The van der Waals surface area contributed by atoms with Crippen molar-refractivity contribution in [2.75, 3.05) is 10.2 Å². The lowest BCUT2D eigenvalue weighted by molar-refractivity contribution is -0.123. The van der Waals surface area contributed by atoms with E-state index >= 15 is 0 Å². The van der Waals surface area contributed by atoms with Crippen LogP contribution in [0.4, 0.5) is 11.4 Å². The summed E-state index contributed by atoms with van der Waals surface area (Å²) >= 11 is 2.88. The highest BCUT2D eigenvalue weighted by molar-refractivity contribution is 8.00. The fourth-order valence-electron chi connectivity index (χ4n) is 9.26. The fraction of sp³-hybridized carbons (Fsp3) is 0.317. The van der Waals surface area contributed by atoms with Gasteiger partial charge in [0.25, 0.3) is 0 Å². The molecule has 1 saturated heterocycles. The van der Waals surface area contributed by atoms with Crippen LogP contribution in [0.2, 0.25) is 0 Å². The van der Waals surface area contributed by atoms with Gasteiger partial charge in [-0.3, -0.25) is 28.6 Å². The monoisotopic (exact) mass is 699 g/mol. The third kappa shape index (κ3) is 4.84. The predicted octanol–water partition coefficient (Wildman–Crippen LogP) is 7.68. The van der Waals surface area contributed by atoms with Crippen molar-refractivity contribution in [1.82, 2.24) is 4.57 Å². The summed E-state index contributed by atoms with van der Waals surface area (Å²) in [5.41, 5.74) is 3.64. The molecule has 3 heterocycles. The molecule has 7 nitrogen and oxygen atoms in total. The third-order valence-corrected chi connectivity index (χ3v) is 14.2. The van der Waals surface area contributed by atoms with Gasteiger partial charge in [-0.1, -0.05) is 105 Å². The maximum Gasteiger partial charge on any atom is 0.308 e. The van der Waals surface area contributed by atoms with Crippen LogP contribution in [0.25, 0.3) is 10.8 Å². The number of benzene rings is 4. The first kappa shape index (κ1) is 31.5. The molecule has 4 aliphatic rings. The van der Waals surface area contributed by atoms with Gasteiger partial charge in [-0.2, -0.15) is 0 Å². The molecule has 7 unspecified atom stereocenters. The van der Waals surface area contributed by atoms with Gasteiger partial charge >= 0.3 is 4.87 Å². The van der Waals surface area contributed by atoms with Crippen molar-refractivity contribution in [3.8, 4) is 0 Å². The number of thiazole rings is 1. The summed E-state index contributed by atoms with van der Waals surface area (Å²) in [7, 11) is 0. The van der Waals surface area contributed by atoms with Crippen LogP contribution in [-0.2, 0) is 26.3 Å². The van der Waals surface area contributed by atoms with Crippen molar-refractivity contribution >= 4 is 63.0 Å². The van der Waals surface area contributed by atoms with Gasteiger partial charge in [0.1, 0.15) is 6.54 Å². The molecule has 1 N–H and O–H groups in total. The van der Waals surface area contributed by atoms with Gasteiger partial charge in [-0.15, -0.1) is 11.8 Å². The largest absolute Gasteiger partial charge is 0.325 e. The summed E-state index contributed by atoms with van der Waals surface area (Å²) < 4.78 is 1.63. The van der Waals surface area contributed by atoms with Gasteiger partial charge in [0.05, 0.1) is 22.5 Å². The number of para-hydroxylation sites is 1. The molecule has 0 spiro atoms. The summed E-state index contributed by atoms with van der Waals surface area (Å²) in [6.07, 6.45) is 0.815. The number of nitrogens with zero attached hydrogens (tertiary/aromatic N) is 2. The second kappa shape index (κ2) is 11.5. The number of anilines is 2. The van der Waals surface area contributed by atoms with E-state index in [0.717, 1.165) is 32.7 Å². The Morgan fingerprint density at radius 3 is 2.22 bits per heavy atom. The third-order valence-electron chi connectivity index (χ3n) is 11.4. The molecule has 1 aromatic heterocycles. The number of carbonyl (C=O) groups is 3. The van der Waals surface area contributed by atoms with Crippen LogP contribution in [0.5, 0.6) is 0 Å². The second-order valence-corrected chi connectivity index (χ2v) is 17.4. The smallest absolute Gasteiger partial charge is 0.308 e. The average Bonchev–Trinajstić information content (AvgIpc) is 3.83. The van der Waals surface area contributed by atoms with E-state index in [1.807, 2.05) is 72.8 Å². The van der Waals surface area contributed by atoms with E-state index in [4.69, 9.17) is 0 Å². The maximum absolute atomic E-state index is 14.1. The van der Waals surface area contributed by atoms with Crippen molar-refractivity contribution < 1.29 is 14.4 Å². The number of rotatable bonds is 5. The number of carbonyl (C=O) groups excluding carboxylic acids is 3. The van der Waals surface area contributed by atoms with Crippen LogP contribution in [0.15, 0.2) is 107 Å². The second-order valence-electron chi connectivity index (χ2n) is 15.2. The first-order chi connectivity index (χ1) is 24.1. The first-order valence-electron chi connectivity index (χ1n) is 17.3. The number of amides is 3. The van der Waals surface area contributed by atoms with Crippen LogP contribution in [0.1, 0.15) is 49.1 Å². The minimum absolute atomic E-state index is 0.00420. The Morgan fingerprint density at radius 1 is 0.820 bits per heavy atom. The highest BCUT2D eigenvalue weighted by Crippen LogP contribution is 2.69. The quantitative estimate of drug-likeness (QED) is 0.190. The molecule has 3 fully saturated rings. The molecule has 252 valence electrons. The number of thioether (sulfide) groups is 1. The molecule has 4 aromatic carbocycles. The van der Waals surface area contributed by atoms with E-state index in [-0.39, 0.29) is 75.3 Å². The number of fused-ring (bicyclic) bond motifs is 10. The maximum atomic E-state index is 14.1. The van der Waals surface area contributed by atoms with Gasteiger partial charge in [-0.05, 0) is 75.8 Å². The molecule has 5 aromatic rings. The highest BCUT2D eigenvalue weighted by atomic mass is 32.2. The fourth-order valence-corrected chi connectivity index (χ4v) is 12.4. The Morgan fingerprint density at radius 2 is 1.50 bits per heavy atom. The molecule has 9 heteroatoms. The van der Waals surface area contributed by atoms with E-state index in [1.54, 1.807) is 16.3 Å². The molecule has 0 radical (unpaired) electrons. The molecule has 3 amide bonds. The van der Waals surface area contributed by atoms with Gasteiger partial charge in [-0.25, -0.2) is 0 Å². The average molecular weight is 700 g/mol. The molecule has 2 saturated carbocycles. The molecule has 2 aliphatic heterocycles. The molecule has 2 aliphatic carbocycles. The Labute approximate surface area is 298 Å². The van der Waals surface area contributed by atoms with Crippen molar-refractivity contribution in [3.63, 3.8) is 0 Å². The van der Waals surface area contributed by atoms with Crippen LogP contribution >= 0.6 is 23.1 Å². The van der Waals surface area contributed by atoms with Gasteiger partial charge < -0.3 is 5.32 Å². The molecule has 50 heavy (non-hydrogen) atoms. The van der Waals surface area contributed by atoms with Crippen molar-refractivity contribution in [2.45, 2.75) is 55.3 Å². The predicted molar refractivity (Wildman–Crippen MR) is 199 cm³/mol. The Bertz CT molecular complexity index is 2250. The summed E-state index contributed by atoms with van der Waals surface area (Å²) in [5, 5.41) is 5.98. The van der Waals surface area contributed by atoms with Gasteiger partial charge in [0.15, 0.2) is 0 Å². The summed E-state index contributed by atoms with van der Waals surface area (Å²) in [4.78, 5) is 57.7. The highest BCUT2D eigenvalue weighted by Gasteiger charge is 2.69. The van der Waals surface area contributed by atoms with Crippen molar-refractivity contribution in [2.24, 2.45) is 29.6 Å². The Kier molecular flexibility index (Phi) is 7.27. The zero-order valence-corrected chi connectivity index (χ0v) is 29.7. The summed E-state index contributed by atoms with van der Waals surface area (Å²) in [6, 6.07) is 31.8. The number of hydrogen-bond acceptors (Lipinski definition) is 6. The number of aromatic nitrogens is 1. The standard InChI is InChI=1S/C41H37N3O4S2/c1-41(2,3)25-16-13-23(14-17-25)31-32-28-20-29(34-33(28)37(46)44(38(34)47)27-11-5-4-6-12-27)35(32)49-39-36(31)50-40(48)43(39)21-30(45)42-26-18-15-22-9-7-8-10-24(22)19-26/h4-19,28-29,31-35H,20-21H2,1-3H3,(H,42,45). The topological polar surface area (TPSA) is 88.5 Å². The Balaban J connectivity index is 1.09. The molecular formula is C41H37N3O4S2. The van der Waals surface area contributed by atoms with E-state index in [2.05, 4.69) is 50.4 Å². The van der Waals surface area contributed by atoms with Crippen LogP contribution in [-0.4, -0.2) is 27.5 Å². The minimum Gasteiger partial charge on any atom is -0.325 e. The minimum atomic E-state index is -0.373. The lowest BCUT2D eigenvalue weighted by Crippen LogP contribution is -2.43. The number of imide groups is 1. The van der Waals surface area contributed by atoms with Crippen LogP contribution in [0, 0.1) is 29.6 Å². The van der Waals surface area contributed by atoms with E-state index in [1.165, 1.54) is 21.8 Å². The summed E-state index contributed by atoms with van der Waals surface area (Å²) in [6.45, 7) is 6.48. The van der Waals surface area contributed by atoms with Gasteiger partial charge in [0.2, 0.25) is 17.7 Å². The van der Waals surface area contributed by atoms with E-state index < -0.39 is 0 Å². The van der Waals surface area contributed by atoms with Crippen LogP contribution in [0.3, 0.4) is 0 Å². The van der Waals surface area contributed by atoms with Crippen molar-refractivity contribution in [3.05, 3.63) is 123 Å². The zero-order chi connectivity index (χ0) is 34.5. The number of hydrogen-bond donors (Lipinski definition) is 1. The lowest BCUT2D eigenvalue weighted by Gasteiger charge is -2.43. The molecule has 2 bridgehead atoms. The Hall–Kier alpha value is -4.47. The first-order valence-corrected chi connectivity index (χ1v) is 19.0. The van der Waals surface area contributed by atoms with Crippen LogP contribution < -0.4 is 15.1 Å². The summed E-state index contributed by atoms with van der Waals surface area (Å²) in [5.74, 6) is -1.19. The van der Waals surface area contributed by atoms with Crippen molar-refractivity contribution in [1.29, 1.82) is 0 Å². The molecule has 9 rings (SSSR count). The lowest BCUT2D eigenvalue weighted by atomic mass is 9.68. The molecular weight excluding hydrogens is 663 g/mol. The normalized spacial score (nSPS) is 26.6. The SMILES string of the molecule is CC(C)(C)c1ccc(C2c3sc(=O)n(CC(=O)Nc4ccc5ccccc5c4)c3SC3C4CC(C5C(=O)N(c6ccccc6)C(=O)C45)C23)cc1. The van der Waals surface area contributed by atoms with Gasteiger partial charge in [0, 0.05) is 21.7 Å². The molecule has 7 atom stereocenters. The van der Waals surface area contributed by atoms with E-state index in [9.17, 15) is 19.2 Å². The van der Waals surface area contributed by atoms with E-state index in [0.29, 0.717) is 11.4 Å².